The van der Waals surface area contributed by atoms with Gasteiger partial charge in [0.1, 0.15) is 17.0 Å². The number of fused-ring (bicyclic) bond motifs is 1. The highest BCUT2D eigenvalue weighted by molar-refractivity contribution is 6.14. The number of aliphatic hydroxyl groups excluding tert-OH is 2. The van der Waals surface area contributed by atoms with Crippen LogP contribution in [0.25, 0.3) is 11.2 Å². The Balaban J connectivity index is 1.97. The molecule has 3 rings (SSSR count). The lowest BCUT2D eigenvalue weighted by atomic mass is 10.0. The van der Waals surface area contributed by atoms with Gasteiger partial charge in [0, 0.05) is 29.5 Å². The van der Waals surface area contributed by atoms with Crippen molar-refractivity contribution in [1.29, 1.82) is 5.41 Å². The minimum atomic E-state index is -3.05. The van der Waals surface area contributed by atoms with Crippen LogP contribution in [0.15, 0.2) is 30.6 Å². The van der Waals surface area contributed by atoms with Crippen LogP contribution in [0.5, 0.6) is 5.75 Å². The van der Waals surface area contributed by atoms with Crippen LogP contribution < -0.4 is 15.4 Å². The van der Waals surface area contributed by atoms with Crippen molar-refractivity contribution < 1.29 is 28.5 Å². The lowest BCUT2D eigenvalue weighted by Crippen LogP contribution is -2.40. The van der Waals surface area contributed by atoms with Gasteiger partial charge in [-0.3, -0.25) is 10.2 Å². The zero-order chi connectivity index (χ0) is 25.8. The first-order valence-corrected chi connectivity index (χ1v) is 10.9. The third kappa shape index (κ3) is 6.70. The molecule has 3 aromatic rings. The molecular formula is C23H28F2N6O4. The van der Waals surface area contributed by atoms with E-state index in [2.05, 4.69) is 30.3 Å². The zero-order valence-corrected chi connectivity index (χ0v) is 19.5. The number of nitrogens with one attached hydrogen (secondary N) is 4. The molecule has 35 heavy (non-hydrogen) atoms. The number of anilines is 1. The van der Waals surface area contributed by atoms with E-state index in [0.717, 1.165) is 0 Å². The fourth-order valence-corrected chi connectivity index (χ4v) is 3.26. The highest BCUT2D eigenvalue weighted by Gasteiger charge is 2.21. The summed E-state index contributed by atoms with van der Waals surface area (Å²) < 4.78 is 30.0. The number of carbonyl (C=O) groups excluding carboxylic acids is 1. The van der Waals surface area contributed by atoms with Gasteiger partial charge in [-0.05, 0) is 45.4 Å². The van der Waals surface area contributed by atoms with Gasteiger partial charge in [-0.15, -0.1) is 0 Å². The van der Waals surface area contributed by atoms with Crippen LogP contribution >= 0.6 is 0 Å². The number of alkyl halides is 2. The van der Waals surface area contributed by atoms with Gasteiger partial charge < -0.3 is 30.6 Å². The fraction of sp³-hybridized carbons (Fsp3) is 0.391. The molecule has 0 saturated carbocycles. The Bertz CT molecular complexity index is 1210. The van der Waals surface area contributed by atoms with E-state index in [0.29, 0.717) is 11.3 Å². The third-order valence-corrected chi connectivity index (χ3v) is 4.86. The third-order valence-electron chi connectivity index (χ3n) is 4.86. The Kier molecular flexibility index (Phi) is 7.97. The van der Waals surface area contributed by atoms with E-state index >= 15 is 0 Å². The monoisotopic (exact) mass is 490 g/mol. The maximum atomic E-state index is 12.8. The van der Waals surface area contributed by atoms with E-state index in [4.69, 9.17) is 10.5 Å². The molecule has 0 fully saturated rings. The predicted octanol–water partition coefficient (Wildman–Crippen LogP) is 2.66. The number of amides is 1. The van der Waals surface area contributed by atoms with Crippen LogP contribution in [0.2, 0.25) is 0 Å². The number of aromatic amines is 1. The van der Waals surface area contributed by atoms with Crippen molar-refractivity contribution in [3.05, 3.63) is 47.4 Å². The molecule has 1 aromatic carbocycles. The number of carbonyl (C=O) groups is 1. The molecule has 0 radical (unpaired) electrons. The summed E-state index contributed by atoms with van der Waals surface area (Å²) in [6.07, 6.45) is 2.12. The van der Waals surface area contributed by atoms with Crippen LogP contribution in [0.4, 0.5) is 14.5 Å². The zero-order valence-electron chi connectivity index (χ0n) is 19.5. The van der Waals surface area contributed by atoms with E-state index < -0.39 is 24.9 Å². The Labute approximate surface area is 200 Å². The highest BCUT2D eigenvalue weighted by Crippen LogP contribution is 2.26. The van der Waals surface area contributed by atoms with Crippen molar-refractivity contribution in [1.82, 2.24) is 20.3 Å². The number of rotatable bonds is 10. The second kappa shape index (κ2) is 10.7. The van der Waals surface area contributed by atoms with Gasteiger partial charge in [-0.25, -0.2) is 9.97 Å². The molecule has 0 aliphatic rings. The average molecular weight is 491 g/mol. The number of aromatic nitrogens is 3. The molecule has 1 atom stereocenters. The molecule has 12 heteroatoms. The summed E-state index contributed by atoms with van der Waals surface area (Å²) >= 11 is 0. The van der Waals surface area contributed by atoms with Crippen LogP contribution in [-0.4, -0.2) is 68.2 Å². The van der Waals surface area contributed by atoms with E-state index in [1.807, 2.05) is 20.8 Å². The normalized spacial score (nSPS) is 12.6. The topological polar surface area (TPSA) is 156 Å². The number of H-pyrrole nitrogens is 1. The molecule has 10 nitrogen and oxygen atoms in total. The van der Waals surface area contributed by atoms with Crippen molar-refractivity contribution >= 4 is 28.5 Å². The van der Waals surface area contributed by atoms with Crippen LogP contribution in [0.3, 0.4) is 0 Å². The summed E-state index contributed by atoms with van der Waals surface area (Å²) in [4.78, 5) is 24.3. The molecule has 0 aliphatic carbocycles. The van der Waals surface area contributed by atoms with Gasteiger partial charge in [-0.2, -0.15) is 8.78 Å². The highest BCUT2D eigenvalue weighted by atomic mass is 19.3. The molecule has 0 aliphatic heterocycles. The number of aliphatic hydroxyl groups is 2. The van der Waals surface area contributed by atoms with E-state index in [9.17, 15) is 18.7 Å². The summed E-state index contributed by atoms with van der Waals surface area (Å²) in [6.45, 7) is 2.33. The van der Waals surface area contributed by atoms with Crippen LogP contribution in [-0.2, 0) is 0 Å². The Hall–Kier alpha value is -3.64. The maximum Gasteiger partial charge on any atom is 0.387 e. The average Bonchev–Trinajstić information content (AvgIpc) is 3.21. The first-order valence-electron chi connectivity index (χ1n) is 10.9. The molecule has 6 N–H and O–H groups in total. The van der Waals surface area contributed by atoms with Crippen molar-refractivity contribution in [3.63, 3.8) is 0 Å². The Morgan fingerprint density at radius 3 is 2.69 bits per heavy atom. The van der Waals surface area contributed by atoms with Crippen LogP contribution in [0.1, 0.15) is 48.8 Å². The van der Waals surface area contributed by atoms with Crippen molar-refractivity contribution in [3.8, 4) is 5.75 Å². The molecule has 1 amide bonds. The SMILES string of the molecule is CC(C)(C)NC(=O)c1c[nH]c2ncc(C(=N)c3cc(OC(F)F)ccc3NCCC(O)CO)nc12. The standard InChI is InChI=1S/C23H28F2N6O4/c1-23(2,3)31-21(34)15-9-28-20-19(15)30-17(10-29-20)18(26)14-8-13(35-22(24)25)4-5-16(14)27-7-6-12(33)11-32/h4-5,8-10,12,22,26-27,32-33H,6-7,11H2,1-3H3,(H,28,29)(H,31,34). The Morgan fingerprint density at radius 2 is 2.03 bits per heavy atom. The molecule has 1 unspecified atom stereocenters. The van der Waals surface area contributed by atoms with Gasteiger partial charge >= 0.3 is 6.61 Å². The number of hydrogen-bond donors (Lipinski definition) is 6. The lowest BCUT2D eigenvalue weighted by molar-refractivity contribution is -0.0498. The minimum absolute atomic E-state index is 0.106. The van der Waals surface area contributed by atoms with E-state index in [1.165, 1.54) is 30.6 Å². The first-order chi connectivity index (χ1) is 16.5. The van der Waals surface area contributed by atoms with Crippen molar-refractivity contribution in [2.75, 3.05) is 18.5 Å². The summed E-state index contributed by atoms with van der Waals surface area (Å²) in [6, 6.07) is 4.07. The van der Waals surface area contributed by atoms with Crippen LogP contribution in [0, 0.1) is 5.41 Å². The number of nitrogens with zero attached hydrogens (tertiary/aromatic N) is 2. The predicted molar refractivity (Wildman–Crippen MR) is 126 cm³/mol. The van der Waals surface area contributed by atoms with Gasteiger partial charge in [0.25, 0.3) is 5.91 Å². The quantitative estimate of drug-likeness (QED) is 0.239. The molecule has 0 bridgehead atoms. The molecule has 0 spiro atoms. The number of halogens is 2. The van der Waals surface area contributed by atoms with Crippen molar-refractivity contribution in [2.24, 2.45) is 0 Å². The molecule has 2 aromatic heterocycles. The Morgan fingerprint density at radius 1 is 1.29 bits per heavy atom. The fourth-order valence-electron chi connectivity index (χ4n) is 3.26. The first kappa shape index (κ1) is 26.0. The number of ether oxygens (including phenoxy) is 1. The summed E-state index contributed by atoms with van der Waals surface area (Å²) in [5.74, 6) is -0.513. The summed E-state index contributed by atoms with van der Waals surface area (Å²) in [5, 5.41) is 33.1. The lowest BCUT2D eigenvalue weighted by Gasteiger charge is -2.20. The van der Waals surface area contributed by atoms with Gasteiger partial charge in [0.15, 0.2) is 5.65 Å². The second-order valence-corrected chi connectivity index (χ2v) is 8.87. The van der Waals surface area contributed by atoms with Gasteiger partial charge in [0.2, 0.25) is 0 Å². The molecular weight excluding hydrogens is 462 g/mol. The summed E-state index contributed by atoms with van der Waals surface area (Å²) in [5.41, 5.74) is 0.954. The van der Waals surface area contributed by atoms with E-state index in [-0.39, 0.29) is 52.7 Å². The number of hydrogen-bond acceptors (Lipinski definition) is 8. The minimum Gasteiger partial charge on any atom is -0.435 e. The van der Waals surface area contributed by atoms with E-state index in [1.54, 1.807) is 0 Å². The maximum absolute atomic E-state index is 12.8. The van der Waals surface area contributed by atoms with Crippen molar-refractivity contribution in [2.45, 2.75) is 45.4 Å². The second-order valence-electron chi connectivity index (χ2n) is 8.87. The summed E-state index contributed by atoms with van der Waals surface area (Å²) in [7, 11) is 0. The largest absolute Gasteiger partial charge is 0.435 e. The van der Waals surface area contributed by atoms with Gasteiger partial charge in [0.05, 0.1) is 30.2 Å². The molecule has 0 saturated heterocycles. The smallest absolute Gasteiger partial charge is 0.387 e. The molecule has 188 valence electrons. The van der Waals surface area contributed by atoms with Gasteiger partial charge in [-0.1, -0.05) is 0 Å². The number of benzene rings is 1. The molecule has 2 heterocycles.